The molecule has 0 spiro atoms. The molecule has 0 amide bonds. The maximum atomic E-state index is 13.8. The van der Waals surface area contributed by atoms with Gasteiger partial charge in [0.05, 0.1) is 13.2 Å². The van der Waals surface area contributed by atoms with E-state index in [4.69, 9.17) is 4.74 Å². The van der Waals surface area contributed by atoms with Gasteiger partial charge in [-0.15, -0.1) is 11.3 Å². The van der Waals surface area contributed by atoms with Crippen molar-refractivity contribution in [1.29, 1.82) is 0 Å². The van der Waals surface area contributed by atoms with Crippen LogP contribution >= 0.6 is 11.3 Å². The molecule has 2 heterocycles. The molecule has 1 aliphatic heterocycles. The van der Waals surface area contributed by atoms with Crippen LogP contribution < -0.4 is 0 Å². The van der Waals surface area contributed by atoms with Gasteiger partial charge >= 0.3 is 0 Å². The van der Waals surface area contributed by atoms with Crippen molar-refractivity contribution < 1.29 is 9.13 Å². The Morgan fingerprint density at radius 2 is 2.12 bits per heavy atom. The summed E-state index contributed by atoms with van der Waals surface area (Å²) in [5, 5.41) is 2.87. The van der Waals surface area contributed by atoms with E-state index < -0.39 is 0 Å². The molecule has 0 atom stereocenters. The predicted octanol–water partition coefficient (Wildman–Crippen LogP) is 2.87. The van der Waals surface area contributed by atoms with Gasteiger partial charge < -0.3 is 4.74 Å². The number of hydrogen-bond donors (Lipinski definition) is 0. The second-order valence-electron chi connectivity index (χ2n) is 4.26. The van der Waals surface area contributed by atoms with Crippen LogP contribution in [-0.4, -0.2) is 31.2 Å². The van der Waals surface area contributed by atoms with E-state index in [1.54, 1.807) is 17.4 Å². The smallest absolute Gasteiger partial charge is 0.132 e. The van der Waals surface area contributed by atoms with E-state index >= 15 is 0 Å². The molecule has 3 rings (SSSR count). The molecule has 90 valence electrons. The van der Waals surface area contributed by atoms with Gasteiger partial charge in [-0.25, -0.2) is 4.39 Å². The van der Waals surface area contributed by atoms with E-state index in [-0.39, 0.29) is 5.82 Å². The summed E-state index contributed by atoms with van der Waals surface area (Å²) in [6, 6.07) is 5.29. The fourth-order valence-electron chi connectivity index (χ4n) is 2.22. The van der Waals surface area contributed by atoms with E-state index in [2.05, 4.69) is 10.3 Å². The van der Waals surface area contributed by atoms with Gasteiger partial charge in [-0.3, -0.25) is 4.90 Å². The van der Waals surface area contributed by atoms with Crippen molar-refractivity contribution in [3.63, 3.8) is 0 Å². The molecule has 1 aliphatic rings. The minimum atomic E-state index is -0.105. The molecule has 0 bridgehead atoms. The third-order valence-electron chi connectivity index (χ3n) is 3.12. The fraction of sp³-hybridized carbons (Fsp3) is 0.385. The lowest BCUT2D eigenvalue weighted by atomic mass is 10.1. The van der Waals surface area contributed by atoms with Gasteiger partial charge in [-0.2, -0.15) is 0 Å². The van der Waals surface area contributed by atoms with Crippen molar-refractivity contribution in [2.45, 2.75) is 6.54 Å². The van der Waals surface area contributed by atoms with Gasteiger partial charge in [-0.1, -0.05) is 6.07 Å². The number of halogens is 1. The molecule has 1 saturated heterocycles. The Labute approximate surface area is 104 Å². The van der Waals surface area contributed by atoms with Crippen molar-refractivity contribution in [3.8, 4) is 0 Å². The first-order chi connectivity index (χ1) is 8.34. The van der Waals surface area contributed by atoms with Gasteiger partial charge in [0.15, 0.2) is 0 Å². The van der Waals surface area contributed by atoms with E-state index in [1.807, 2.05) is 6.07 Å². The van der Waals surface area contributed by atoms with E-state index in [1.165, 1.54) is 6.07 Å². The predicted molar refractivity (Wildman–Crippen MR) is 67.9 cm³/mol. The molecule has 17 heavy (non-hydrogen) atoms. The van der Waals surface area contributed by atoms with Crippen LogP contribution in [0, 0.1) is 5.82 Å². The lowest BCUT2D eigenvalue weighted by molar-refractivity contribution is 0.0344. The third-order valence-corrected chi connectivity index (χ3v) is 4.12. The van der Waals surface area contributed by atoms with Crippen LogP contribution in [-0.2, 0) is 11.3 Å². The number of nitrogens with zero attached hydrogens (tertiary/aromatic N) is 1. The molecule has 0 radical (unpaired) electrons. The zero-order valence-corrected chi connectivity index (χ0v) is 10.3. The molecule has 1 fully saturated rings. The monoisotopic (exact) mass is 251 g/mol. The standard InChI is InChI=1S/C13H14FNOS/c14-11-2-1-3-12-13(11)10(9-17-12)8-15-4-6-16-7-5-15/h1-3,9H,4-8H2. The maximum absolute atomic E-state index is 13.8. The van der Waals surface area contributed by atoms with Crippen molar-refractivity contribution in [3.05, 3.63) is 35.0 Å². The summed E-state index contributed by atoms with van der Waals surface area (Å²) in [4.78, 5) is 2.32. The van der Waals surface area contributed by atoms with Crippen LogP contribution in [0.25, 0.3) is 10.1 Å². The highest BCUT2D eigenvalue weighted by atomic mass is 32.1. The van der Waals surface area contributed by atoms with Gasteiger partial charge in [0.1, 0.15) is 5.82 Å². The average molecular weight is 251 g/mol. The molecular formula is C13H14FNOS. The molecule has 0 unspecified atom stereocenters. The number of thiophene rings is 1. The minimum absolute atomic E-state index is 0.105. The van der Waals surface area contributed by atoms with Crippen molar-refractivity contribution in [2.75, 3.05) is 26.3 Å². The van der Waals surface area contributed by atoms with Crippen LogP contribution in [0.3, 0.4) is 0 Å². The van der Waals surface area contributed by atoms with E-state index in [0.29, 0.717) is 0 Å². The average Bonchev–Trinajstić information content (AvgIpc) is 2.75. The van der Waals surface area contributed by atoms with Gasteiger partial charge in [-0.05, 0) is 23.1 Å². The highest BCUT2D eigenvalue weighted by molar-refractivity contribution is 7.17. The lowest BCUT2D eigenvalue weighted by Gasteiger charge is -2.26. The Balaban J connectivity index is 1.89. The molecule has 2 nitrogen and oxygen atoms in total. The second-order valence-corrected chi connectivity index (χ2v) is 5.17. The van der Waals surface area contributed by atoms with Crippen LogP contribution in [0.15, 0.2) is 23.6 Å². The van der Waals surface area contributed by atoms with Gasteiger partial charge in [0, 0.05) is 29.7 Å². The van der Waals surface area contributed by atoms with Crippen LogP contribution in [0.5, 0.6) is 0 Å². The van der Waals surface area contributed by atoms with Crippen molar-refractivity contribution in [1.82, 2.24) is 4.90 Å². The first kappa shape index (κ1) is 11.1. The highest BCUT2D eigenvalue weighted by Gasteiger charge is 2.14. The van der Waals surface area contributed by atoms with Crippen LogP contribution in [0.4, 0.5) is 4.39 Å². The summed E-state index contributed by atoms with van der Waals surface area (Å²) in [6.45, 7) is 4.26. The number of fused-ring (bicyclic) bond motifs is 1. The third kappa shape index (κ3) is 2.20. The lowest BCUT2D eigenvalue weighted by Crippen LogP contribution is -2.35. The van der Waals surface area contributed by atoms with Crippen molar-refractivity contribution in [2.24, 2.45) is 0 Å². The first-order valence-corrected chi connectivity index (χ1v) is 6.67. The Hall–Kier alpha value is -0.970. The molecule has 0 aliphatic carbocycles. The summed E-state index contributed by atoms with van der Waals surface area (Å²) >= 11 is 1.62. The molecule has 4 heteroatoms. The molecule has 2 aromatic rings. The number of rotatable bonds is 2. The zero-order valence-electron chi connectivity index (χ0n) is 9.49. The Morgan fingerprint density at radius 3 is 2.94 bits per heavy atom. The fourth-order valence-corrected chi connectivity index (χ4v) is 3.19. The molecule has 0 N–H and O–H groups in total. The van der Waals surface area contributed by atoms with E-state index in [9.17, 15) is 4.39 Å². The van der Waals surface area contributed by atoms with Gasteiger partial charge in [0.25, 0.3) is 0 Å². The summed E-state index contributed by atoms with van der Waals surface area (Å²) in [6.07, 6.45) is 0. The number of hydrogen-bond acceptors (Lipinski definition) is 3. The van der Waals surface area contributed by atoms with Gasteiger partial charge in [0.2, 0.25) is 0 Å². The SMILES string of the molecule is Fc1cccc2scc(CN3CCOCC3)c12. The largest absolute Gasteiger partial charge is 0.379 e. The number of benzene rings is 1. The number of ether oxygens (including phenoxy) is 1. The molecule has 1 aromatic carbocycles. The normalized spacial score (nSPS) is 17.7. The topological polar surface area (TPSA) is 12.5 Å². The minimum Gasteiger partial charge on any atom is -0.379 e. The van der Waals surface area contributed by atoms with Crippen LogP contribution in [0.2, 0.25) is 0 Å². The number of morpholine rings is 1. The highest BCUT2D eigenvalue weighted by Crippen LogP contribution is 2.29. The Kier molecular flexibility index (Phi) is 3.09. The molecule has 1 aromatic heterocycles. The van der Waals surface area contributed by atoms with Crippen molar-refractivity contribution >= 4 is 21.4 Å². The Morgan fingerprint density at radius 1 is 1.29 bits per heavy atom. The quantitative estimate of drug-likeness (QED) is 0.813. The Bertz CT molecular complexity index is 519. The van der Waals surface area contributed by atoms with E-state index in [0.717, 1.165) is 48.5 Å². The van der Waals surface area contributed by atoms with Crippen LogP contribution in [0.1, 0.15) is 5.56 Å². The summed E-state index contributed by atoms with van der Waals surface area (Å²) < 4.78 is 20.2. The summed E-state index contributed by atoms with van der Waals surface area (Å²) in [5.74, 6) is -0.105. The molecule has 0 saturated carbocycles. The maximum Gasteiger partial charge on any atom is 0.132 e. The first-order valence-electron chi connectivity index (χ1n) is 5.79. The zero-order chi connectivity index (χ0) is 11.7. The second kappa shape index (κ2) is 4.72. The summed E-state index contributed by atoms with van der Waals surface area (Å²) in [7, 11) is 0. The summed E-state index contributed by atoms with van der Waals surface area (Å²) in [5.41, 5.74) is 1.10. The molecular weight excluding hydrogens is 237 g/mol.